The van der Waals surface area contributed by atoms with Gasteiger partial charge in [-0.1, -0.05) is 45.7 Å². The van der Waals surface area contributed by atoms with Gasteiger partial charge in [0.1, 0.15) is 12.4 Å². The van der Waals surface area contributed by atoms with Crippen molar-refractivity contribution in [1.82, 2.24) is 10.7 Å². The molecule has 2 aromatic rings. The second kappa shape index (κ2) is 11.4. The molecule has 148 valence electrons. The number of rotatable bonds is 8. The van der Waals surface area contributed by atoms with Crippen LogP contribution in [-0.2, 0) is 20.9 Å². The fourth-order valence-electron chi connectivity index (χ4n) is 2.08. The summed E-state index contributed by atoms with van der Waals surface area (Å²) in [6.07, 6.45) is 1.40. The summed E-state index contributed by atoms with van der Waals surface area (Å²) in [5.41, 5.74) is 3.63. The average molecular weight is 469 g/mol. The average Bonchev–Trinajstić information content (AvgIpc) is 2.68. The minimum atomic E-state index is -0.874. The van der Waals surface area contributed by atoms with Crippen molar-refractivity contribution in [3.8, 4) is 5.75 Å². The zero-order chi connectivity index (χ0) is 20.4. The number of ether oxygens (including phenoxy) is 2. The lowest BCUT2D eigenvalue weighted by molar-refractivity contribution is -0.139. The van der Waals surface area contributed by atoms with Gasteiger partial charge in [0, 0.05) is 34.3 Å². The van der Waals surface area contributed by atoms with E-state index in [1.165, 1.54) is 13.3 Å². The Bertz CT molecular complexity index is 861. The molecule has 0 unspecified atom stereocenters. The van der Waals surface area contributed by atoms with E-state index >= 15 is 0 Å². The molecule has 0 saturated carbocycles. The molecule has 0 aliphatic heterocycles. The van der Waals surface area contributed by atoms with E-state index in [9.17, 15) is 9.59 Å². The van der Waals surface area contributed by atoms with Crippen LogP contribution in [0.4, 0.5) is 0 Å². The zero-order valence-electron chi connectivity index (χ0n) is 15.1. The molecular formula is C19H19BrClN3O4. The van der Waals surface area contributed by atoms with Crippen molar-refractivity contribution >= 4 is 45.6 Å². The maximum Gasteiger partial charge on any atom is 0.329 e. The van der Waals surface area contributed by atoms with E-state index in [2.05, 4.69) is 31.8 Å². The number of hydrogen-bond acceptors (Lipinski definition) is 5. The summed E-state index contributed by atoms with van der Waals surface area (Å²) in [6, 6.07) is 12.7. The van der Waals surface area contributed by atoms with E-state index in [-0.39, 0.29) is 13.2 Å². The first-order valence-corrected chi connectivity index (χ1v) is 9.44. The Kier molecular flexibility index (Phi) is 8.93. The van der Waals surface area contributed by atoms with Crippen LogP contribution in [0.5, 0.6) is 5.75 Å². The van der Waals surface area contributed by atoms with Crippen molar-refractivity contribution in [2.24, 2.45) is 5.10 Å². The second-order valence-electron chi connectivity index (χ2n) is 5.51. The van der Waals surface area contributed by atoms with Crippen molar-refractivity contribution in [3.05, 3.63) is 63.1 Å². The van der Waals surface area contributed by atoms with Crippen LogP contribution >= 0.6 is 27.5 Å². The molecular weight excluding hydrogens is 450 g/mol. The summed E-state index contributed by atoms with van der Waals surface area (Å²) in [4.78, 5) is 23.3. The summed E-state index contributed by atoms with van der Waals surface area (Å²) in [5, 5.41) is 6.84. The van der Waals surface area contributed by atoms with Crippen LogP contribution in [0.3, 0.4) is 0 Å². The molecule has 0 heterocycles. The molecule has 2 amide bonds. The van der Waals surface area contributed by atoms with Gasteiger partial charge in [-0.25, -0.2) is 5.43 Å². The highest BCUT2D eigenvalue weighted by Crippen LogP contribution is 2.24. The van der Waals surface area contributed by atoms with E-state index in [1.54, 1.807) is 18.2 Å². The third kappa shape index (κ3) is 6.95. The van der Waals surface area contributed by atoms with Crippen LogP contribution < -0.4 is 15.5 Å². The number of methoxy groups -OCH3 is 1. The van der Waals surface area contributed by atoms with Gasteiger partial charge in [-0.3, -0.25) is 9.59 Å². The molecule has 2 aromatic carbocycles. The quantitative estimate of drug-likeness (QED) is 0.270. The smallest absolute Gasteiger partial charge is 0.329 e. The minimum Gasteiger partial charge on any atom is -0.488 e. The normalized spacial score (nSPS) is 10.7. The largest absolute Gasteiger partial charge is 0.488 e. The van der Waals surface area contributed by atoms with E-state index in [1.807, 2.05) is 24.3 Å². The standard InChI is InChI=1S/C19H19BrClN3O4/c1-27-9-8-22-18(25)19(26)24-23-11-14-10-15(20)6-7-17(14)28-12-13-4-2-3-5-16(13)21/h2-7,10-11H,8-9,12H2,1H3,(H,22,25)(H,24,26)/b23-11-. The number of carbonyl (C=O) groups excluding carboxylic acids is 2. The van der Waals surface area contributed by atoms with Crippen LogP contribution in [0.2, 0.25) is 5.02 Å². The van der Waals surface area contributed by atoms with Crippen molar-refractivity contribution in [3.63, 3.8) is 0 Å². The maximum atomic E-state index is 11.7. The fourth-order valence-corrected chi connectivity index (χ4v) is 2.65. The SMILES string of the molecule is COCCNC(=O)C(=O)N/N=C\c1cc(Br)ccc1OCc1ccccc1Cl. The van der Waals surface area contributed by atoms with Crippen LogP contribution in [0.1, 0.15) is 11.1 Å². The van der Waals surface area contributed by atoms with Gasteiger partial charge >= 0.3 is 11.8 Å². The maximum absolute atomic E-state index is 11.7. The number of hydrazone groups is 1. The summed E-state index contributed by atoms with van der Waals surface area (Å²) in [7, 11) is 1.50. The molecule has 0 saturated heterocycles. The summed E-state index contributed by atoms with van der Waals surface area (Å²) < 4.78 is 11.4. The molecule has 0 fully saturated rings. The molecule has 9 heteroatoms. The number of halogens is 2. The predicted molar refractivity (Wildman–Crippen MR) is 111 cm³/mol. The van der Waals surface area contributed by atoms with Crippen LogP contribution in [0.15, 0.2) is 52.0 Å². The lowest BCUT2D eigenvalue weighted by Gasteiger charge is -2.10. The highest BCUT2D eigenvalue weighted by atomic mass is 79.9. The van der Waals surface area contributed by atoms with Gasteiger partial charge in [-0.15, -0.1) is 0 Å². The number of carbonyl (C=O) groups is 2. The number of amides is 2. The van der Waals surface area contributed by atoms with Gasteiger partial charge in [0.15, 0.2) is 0 Å². The van der Waals surface area contributed by atoms with E-state index in [0.717, 1.165) is 10.0 Å². The third-order valence-electron chi connectivity index (χ3n) is 3.48. The molecule has 0 aliphatic carbocycles. The monoisotopic (exact) mass is 467 g/mol. The molecule has 0 radical (unpaired) electrons. The Morgan fingerprint density at radius 2 is 2.00 bits per heavy atom. The van der Waals surface area contributed by atoms with E-state index in [4.69, 9.17) is 21.1 Å². The molecule has 0 atom stereocenters. The van der Waals surface area contributed by atoms with Crippen LogP contribution in [-0.4, -0.2) is 38.3 Å². The van der Waals surface area contributed by atoms with Gasteiger partial charge in [0.25, 0.3) is 0 Å². The van der Waals surface area contributed by atoms with Gasteiger partial charge in [0.05, 0.1) is 12.8 Å². The highest BCUT2D eigenvalue weighted by molar-refractivity contribution is 9.10. The molecule has 0 bridgehead atoms. The summed E-state index contributed by atoms with van der Waals surface area (Å²) >= 11 is 9.52. The summed E-state index contributed by atoms with van der Waals surface area (Å²) in [5.74, 6) is -1.12. The first-order valence-electron chi connectivity index (χ1n) is 8.27. The lowest BCUT2D eigenvalue weighted by atomic mass is 10.2. The molecule has 0 aromatic heterocycles. The second-order valence-corrected chi connectivity index (χ2v) is 6.83. The van der Waals surface area contributed by atoms with Gasteiger partial charge in [0.2, 0.25) is 0 Å². The number of nitrogens with one attached hydrogen (secondary N) is 2. The van der Waals surface area contributed by atoms with Crippen molar-refractivity contribution in [1.29, 1.82) is 0 Å². The zero-order valence-corrected chi connectivity index (χ0v) is 17.4. The molecule has 7 nitrogen and oxygen atoms in total. The topological polar surface area (TPSA) is 89.0 Å². The highest BCUT2D eigenvalue weighted by Gasteiger charge is 2.11. The van der Waals surface area contributed by atoms with Crippen LogP contribution in [0.25, 0.3) is 0 Å². The predicted octanol–water partition coefficient (Wildman–Crippen LogP) is 2.89. The lowest BCUT2D eigenvalue weighted by Crippen LogP contribution is -2.39. The van der Waals surface area contributed by atoms with E-state index < -0.39 is 11.8 Å². The Labute approximate surface area is 176 Å². The Hall–Kier alpha value is -2.42. The molecule has 0 aliphatic rings. The van der Waals surface area contributed by atoms with Gasteiger partial charge in [-0.05, 0) is 24.3 Å². The van der Waals surface area contributed by atoms with Crippen LogP contribution in [0, 0.1) is 0 Å². The Morgan fingerprint density at radius 3 is 2.75 bits per heavy atom. The first-order chi connectivity index (χ1) is 13.5. The molecule has 2 N–H and O–H groups in total. The Morgan fingerprint density at radius 1 is 1.21 bits per heavy atom. The molecule has 28 heavy (non-hydrogen) atoms. The summed E-state index contributed by atoms with van der Waals surface area (Å²) in [6.45, 7) is 0.820. The number of hydrogen-bond donors (Lipinski definition) is 2. The number of nitrogens with zero attached hydrogens (tertiary/aromatic N) is 1. The minimum absolute atomic E-state index is 0.234. The fraction of sp³-hybridized carbons (Fsp3) is 0.211. The van der Waals surface area contributed by atoms with E-state index in [0.29, 0.717) is 22.9 Å². The molecule has 2 rings (SSSR count). The van der Waals surface area contributed by atoms with Crippen molar-refractivity contribution in [2.45, 2.75) is 6.61 Å². The first kappa shape index (κ1) is 21.9. The third-order valence-corrected chi connectivity index (χ3v) is 4.34. The van der Waals surface area contributed by atoms with Crippen molar-refractivity contribution < 1.29 is 19.1 Å². The van der Waals surface area contributed by atoms with Gasteiger partial charge in [-0.2, -0.15) is 5.10 Å². The van der Waals surface area contributed by atoms with Crippen molar-refractivity contribution in [2.75, 3.05) is 20.3 Å². The number of benzene rings is 2. The Balaban J connectivity index is 1.99. The van der Waals surface area contributed by atoms with Gasteiger partial charge < -0.3 is 14.8 Å². The molecule has 0 spiro atoms.